The minimum Gasteiger partial charge on any atom is -0.483 e. The molecular formula is C16H22N2O3. The van der Waals surface area contributed by atoms with Crippen molar-refractivity contribution < 1.29 is 14.3 Å². The van der Waals surface area contributed by atoms with Crippen molar-refractivity contribution in [1.82, 2.24) is 10.6 Å². The van der Waals surface area contributed by atoms with Gasteiger partial charge in [-0.2, -0.15) is 0 Å². The van der Waals surface area contributed by atoms with Crippen LogP contribution in [-0.4, -0.2) is 31.0 Å². The van der Waals surface area contributed by atoms with E-state index in [2.05, 4.69) is 10.6 Å². The van der Waals surface area contributed by atoms with E-state index in [1.165, 1.54) is 0 Å². The lowest BCUT2D eigenvalue weighted by molar-refractivity contribution is -0.129. The smallest absolute Gasteiger partial charge is 0.258 e. The number of aryl methyl sites for hydroxylation is 2. The van der Waals surface area contributed by atoms with Crippen LogP contribution in [0.2, 0.25) is 0 Å². The van der Waals surface area contributed by atoms with Crippen LogP contribution < -0.4 is 15.4 Å². The minimum absolute atomic E-state index is 0.0739. The zero-order valence-corrected chi connectivity index (χ0v) is 12.6. The number of ether oxygens (including phenoxy) is 1. The van der Waals surface area contributed by atoms with Crippen LogP contribution in [0.3, 0.4) is 0 Å². The Bertz CT molecular complexity index is 508. The number of carbonyl (C=O) groups is 2. The minimum atomic E-state index is -0.443. The third-order valence-corrected chi connectivity index (χ3v) is 3.63. The summed E-state index contributed by atoms with van der Waals surface area (Å²) in [5.41, 5.74) is 1.99. The molecule has 0 aliphatic carbocycles. The number of para-hydroxylation sites is 1. The van der Waals surface area contributed by atoms with Gasteiger partial charge in [-0.1, -0.05) is 18.2 Å². The molecular weight excluding hydrogens is 268 g/mol. The largest absolute Gasteiger partial charge is 0.483 e. The van der Waals surface area contributed by atoms with Gasteiger partial charge in [-0.3, -0.25) is 9.59 Å². The summed E-state index contributed by atoms with van der Waals surface area (Å²) in [4.78, 5) is 23.7. The summed E-state index contributed by atoms with van der Waals surface area (Å²) in [6, 6.07) is 5.40. The maximum absolute atomic E-state index is 11.9. The molecule has 1 aliphatic rings. The second kappa shape index (κ2) is 7.11. The Morgan fingerprint density at radius 3 is 2.76 bits per heavy atom. The highest BCUT2D eigenvalue weighted by Crippen LogP contribution is 2.22. The van der Waals surface area contributed by atoms with Crippen LogP contribution in [0.5, 0.6) is 5.75 Å². The molecule has 114 valence electrons. The topological polar surface area (TPSA) is 67.4 Å². The fourth-order valence-electron chi connectivity index (χ4n) is 2.48. The molecule has 1 unspecified atom stereocenters. The number of hydrogen-bond donors (Lipinski definition) is 2. The predicted molar refractivity (Wildman–Crippen MR) is 80.2 cm³/mol. The third-order valence-electron chi connectivity index (χ3n) is 3.63. The SMILES string of the molecule is Cc1cccc(C)c1OCC(=O)NC1CCCCNC1=O. The molecule has 0 aromatic heterocycles. The average Bonchev–Trinajstić information content (AvgIpc) is 2.64. The van der Waals surface area contributed by atoms with Crippen molar-refractivity contribution in [3.8, 4) is 5.75 Å². The summed E-state index contributed by atoms with van der Waals surface area (Å²) in [6.45, 7) is 4.50. The third kappa shape index (κ3) is 4.21. The molecule has 0 saturated carbocycles. The highest BCUT2D eigenvalue weighted by Gasteiger charge is 2.22. The Morgan fingerprint density at radius 2 is 2.05 bits per heavy atom. The van der Waals surface area contributed by atoms with E-state index in [1.807, 2.05) is 32.0 Å². The Morgan fingerprint density at radius 1 is 1.33 bits per heavy atom. The molecule has 2 amide bonds. The van der Waals surface area contributed by atoms with Gasteiger partial charge < -0.3 is 15.4 Å². The zero-order chi connectivity index (χ0) is 15.2. The summed E-state index contributed by atoms with van der Waals surface area (Å²) in [5, 5.41) is 5.54. The second-order valence-electron chi connectivity index (χ2n) is 5.42. The Kier molecular flexibility index (Phi) is 5.20. The predicted octanol–water partition coefficient (Wildman–Crippen LogP) is 1.47. The number of rotatable bonds is 4. The first-order valence-corrected chi connectivity index (χ1v) is 7.34. The van der Waals surface area contributed by atoms with E-state index in [4.69, 9.17) is 4.74 Å². The van der Waals surface area contributed by atoms with Crippen molar-refractivity contribution in [2.45, 2.75) is 39.2 Å². The van der Waals surface area contributed by atoms with Gasteiger partial charge in [0, 0.05) is 6.54 Å². The number of benzene rings is 1. The van der Waals surface area contributed by atoms with E-state index in [0.29, 0.717) is 13.0 Å². The van der Waals surface area contributed by atoms with E-state index >= 15 is 0 Å². The molecule has 21 heavy (non-hydrogen) atoms. The summed E-state index contributed by atoms with van der Waals surface area (Å²) >= 11 is 0. The Labute approximate surface area is 125 Å². The molecule has 1 heterocycles. The molecule has 0 bridgehead atoms. The number of carbonyl (C=O) groups excluding carboxylic acids is 2. The van der Waals surface area contributed by atoms with E-state index in [1.54, 1.807) is 0 Å². The van der Waals surface area contributed by atoms with Crippen LogP contribution in [0.15, 0.2) is 18.2 Å². The number of hydrogen-bond acceptors (Lipinski definition) is 3. The molecule has 2 N–H and O–H groups in total. The first-order valence-electron chi connectivity index (χ1n) is 7.34. The van der Waals surface area contributed by atoms with Crippen molar-refractivity contribution in [3.05, 3.63) is 29.3 Å². The molecule has 1 aliphatic heterocycles. The molecule has 5 nitrogen and oxygen atoms in total. The number of nitrogens with one attached hydrogen (secondary N) is 2. The molecule has 1 aromatic rings. The van der Waals surface area contributed by atoms with Gasteiger partial charge in [-0.05, 0) is 44.2 Å². The summed E-state index contributed by atoms with van der Waals surface area (Å²) < 4.78 is 5.59. The summed E-state index contributed by atoms with van der Waals surface area (Å²) in [6.07, 6.45) is 2.57. The van der Waals surface area contributed by atoms with Crippen LogP contribution in [0.25, 0.3) is 0 Å². The molecule has 1 atom stereocenters. The highest BCUT2D eigenvalue weighted by molar-refractivity contribution is 5.88. The standard InChI is InChI=1S/C16H22N2O3/c1-11-6-5-7-12(2)15(11)21-10-14(19)18-13-8-3-4-9-17-16(13)20/h5-7,13H,3-4,8-10H2,1-2H3,(H,17,20)(H,18,19). The van der Waals surface area contributed by atoms with Crippen molar-refractivity contribution in [2.75, 3.05) is 13.2 Å². The lowest BCUT2D eigenvalue weighted by Crippen LogP contribution is -2.46. The number of amides is 2. The maximum Gasteiger partial charge on any atom is 0.258 e. The lowest BCUT2D eigenvalue weighted by Gasteiger charge is -2.16. The average molecular weight is 290 g/mol. The van der Waals surface area contributed by atoms with Gasteiger partial charge in [0.05, 0.1) is 0 Å². The van der Waals surface area contributed by atoms with Crippen molar-refractivity contribution in [1.29, 1.82) is 0 Å². The monoisotopic (exact) mass is 290 g/mol. The fourth-order valence-corrected chi connectivity index (χ4v) is 2.48. The van der Waals surface area contributed by atoms with E-state index < -0.39 is 6.04 Å². The van der Waals surface area contributed by atoms with E-state index in [9.17, 15) is 9.59 Å². The van der Waals surface area contributed by atoms with Gasteiger partial charge in [0.25, 0.3) is 5.91 Å². The van der Waals surface area contributed by atoms with Crippen LogP contribution in [0, 0.1) is 13.8 Å². The highest BCUT2D eigenvalue weighted by atomic mass is 16.5. The Hall–Kier alpha value is -2.04. The van der Waals surface area contributed by atoms with Crippen LogP contribution in [0.4, 0.5) is 0 Å². The quantitative estimate of drug-likeness (QED) is 0.882. The van der Waals surface area contributed by atoms with Gasteiger partial charge in [-0.25, -0.2) is 0 Å². The zero-order valence-electron chi connectivity index (χ0n) is 12.6. The van der Waals surface area contributed by atoms with Crippen LogP contribution >= 0.6 is 0 Å². The molecule has 2 rings (SSSR count). The van der Waals surface area contributed by atoms with Crippen molar-refractivity contribution >= 4 is 11.8 Å². The molecule has 0 spiro atoms. The lowest BCUT2D eigenvalue weighted by atomic mass is 10.1. The normalized spacial score (nSPS) is 18.6. The molecule has 1 aromatic carbocycles. The van der Waals surface area contributed by atoms with Gasteiger partial charge in [0.2, 0.25) is 5.91 Å². The summed E-state index contributed by atoms with van der Waals surface area (Å²) in [7, 11) is 0. The van der Waals surface area contributed by atoms with Gasteiger partial charge in [0.1, 0.15) is 11.8 Å². The first-order chi connectivity index (χ1) is 10.1. The van der Waals surface area contributed by atoms with Gasteiger partial charge >= 0.3 is 0 Å². The molecule has 0 radical (unpaired) electrons. The van der Waals surface area contributed by atoms with Gasteiger partial charge in [-0.15, -0.1) is 0 Å². The second-order valence-corrected chi connectivity index (χ2v) is 5.42. The van der Waals surface area contributed by atoms with Gasteiger partial charge in [0.15, 0.2) is 6.61 Å². The first kappa shape index (κ1) is 15.4. The molecule has 1 saturated heterocycles. The van der Waals surface area contributed by atoms with E-state index in [-0.39, 0.29) is 18.4 Å². The van der Waals surface area contributed by atoms with Crippen molar-refractivity contribution in [3.63, 3.8) is 0 Å². The van der Waals surface area contributed by atoms with Crippen LogP contribution in [-0.2, 0) is 9.59 Å². The summed E-state index contributed by atoms with van der Waals surface area (Å²) in [5.74, 6) is 0.366. The maximum atomic E-state index is 11.9. The molecule has 5 heteroatoms. The van der Waals surface area contributed by atoms with Crippen molar-refractivity contribution in [2.24, 2.45) is 0 Å². The van der Waals surface area contributed by atoms with Crippen LogP contribution in [0.1, 0.15) is 30.4 Å². The fraction of sp³-hybridized carbons (Fsp3) is 0.500. The Balaban J connectivity index is 1.88. The molecule has 1 fully saturated rings. The van der Waals surface area contributed by atoms with E-state index in [0.717, 1.165) is 29.7 Å².